The number of nitrogens with zero attached hydrogens (tertiary/aromatic N) is 7. The summed E-state index contributed by atoms with van der Waals surface area (Å²) in [6.45, 7) is 8.22. The summed E-state index contributed by atoms with van der Waals surface area (Å²) in [5, 5.41) is 9.90. The average molecular weight is 461 g/mol. The normalized spacial score (nSPS) is 15.1. The number of anilines is 1. The van der Waals surface area contributed by atoms with Crippen LogP contribution in [-0.4, -0.2) is 84.2 Å². The maximum atomic E-state index is 12.7. The molecule has 11 nitrogen and oxygen atoms in total. The highest BCUT2D eigenvalue weighted by Crippen LogP contribution is 2.23. The van der Waals surface area contributed by atoms with E-state index in [1.807, 2.05) is 24.5 Å². The van der Waals surface area contributed by atoms with E-state index in [2.05, 4.69) is 24.8 Å². The Kier molecular flexibility index (Phi) is 6.63. The van der Waals surface area contributed by atoms with E-state index in [4.69, 9.17) is 4.98 Å². The van der Waals surface area contributed by atoms with Gasteiger partial charge in [0.15, 0.2) is 16.3 Å². The summed E-state index contributed by atoms with van der Waals surface area (Å²) in [6, 6.07) is 1.93. The van der Waals surface area contributed by atoms with E-state index in [9.17, 15) is 14.7 Å². The van der Waals surface area contributed by atoms with Crippen LogP contribution in [0.4, 0.5) is 5.95 Å². The molecule has 0 aliphatic carbocycles. The topological polar surface area (TPSA) is 125 Å². The lowest BCUT2D eigenvalue weighted by Gasteiger charge is -2.35. The van der Waals surface area contributed by atoms with Gasteiger partial charge in [0.05, 0.1) is 6.61 Å². The fraction of sp³-hybridized carbons (Fsp3) is 0.550. The van der Waals surface area contributed by atoms with Crippen LogP contribution in [-0.2, 0) is 13.6 Å². The second-order valence-electron chi connectivity index (χ2n) is 7.89. The number of aliphatic hydroxyl groups is 1. The fourth-order valence-corrected chi connectivity index (χ4v) is 4.85. The summed E-state index contributed by atoms with van der Waals surface area (Å²) in [5.41, 5.74) is 1.68. The van der Waals surface area contributed by atoms with Gasteiger partial charge in [0.25, 0.3) is 5.56 Å². The number of imidazole rings is 1. The van der Waals surface area contributed by atoms with Crippen molar-refractivity contribution in [1.29, 1.82) is 0 Å². The van der Waals surface area contributed by atoms with Crippen molar-refractivity contribution in [3.05, 3.63) is 38.3 Å². The molecule has 1 fully saturated rings. The van der Waals surface area contributed by atoms with Gasteiger partial charge in [-0.05, 0) is 19.9 Å². The maximum absolute atomic E-state index is 12.7. The summed E-state index contributed by atoms with van der Waals surface area (Å²) in [4.78, 5) is 45.2. The maximum Gasteiger partial charge on any atom is 0.329 e. The summed E-state index contributed by atoms with van der Waals surface area (Å²) in [6.07, 6.45) is 0. The molecule has 0 atom stereocenters. The van der Waals surface area contributed by atoms with Gasteiger partial charge in [-0.15, -0.1) is 0 Å². The Balaban J connectivity index is 1.64. The van der Waals surface area contributed by atoms with Gasteiger partial charge in [-0.25, -0.2) is 14.8 Å². The van der Waals surface area contributed by atoms with Gasteiger partial charge in [0.1, 0.15) is 0 Å². The van der Waals surface area contributed by atoms with Crippen LogP contribution in [0.3, 0.4) is 0 Å². The summed E-state index contributed by atoms with van der Waals surface area (Å²) in [5.74, 6) is 1.32. The number of hydrogen-bond acceptors (Lipinski definition) is 9. The molecule has 0 aromatic carbocycles. The number of aliphatic hydroxyl groups excluding tert-OH is 1. The number of piperazine rings is 1. The zero-order chi connectivity index (χ0) is 22.8. The number of hydrogen-bond donors (Lipinski definition) is 2. The molecular formula is C20H28N8O3S. The molecule has 3 aromatic rings. The number of rotatable bonds is 7. The molecule has 1 saturated heterocycles. The molecule has 1 aliphatic rings. The number of nitrogens with one attached hydrogen (secondary N) is 1. The SMILES string of the molecule is Cc1cc(C)nc(SCCn2c(N3CCN(CCO)CC3)nc3c2c(=O)[nH]c(=O)n3C)n1. The molecule has 0 radical (unpaired) electrons. The van der Waals surface area contributed by atoms with Gasteiger partial charge in [-0.3, -0.25) is 19.2 Å². The number of β-amino-alcohol motifs (C(OH)–C–C–N with tert-alkyl or cyclic N) is 1. The second-order valence-corrected chi connectivity index (χ2v) is 8.95. The summed E-state index contributed by atoms with van der Waals surface area (Å²) < 4.78 is 3.27. The minimum absolute atomic E-state index is 0.133. The molecule has 4 rings (SSSR count). The van der Waals surface area contributed by atoms with Crippen molar-refractivity contribution in [2.24, 2.45) is 7.05 Å². The van der Waals surface area contributed by atoms with E-state index in [0.717, 1.165) is 37.6 Å². The zero-order valence-corrected chi connectivity index (χ0v) is 19.4. The molecule has 172 valence electrons. The Morgan fingerprint density at radius 2 is 1.75 bits per heavy atom. The zero-order valence-electron chi connectivity index (χ0n) is 18.5. The molecule has 1 aliphatic heterocycles. The molecule has 32 heavy (non-hydrogen) atoms. The van der Waals surface area contributed by atoms with E-state index in [1.165, 1.54) is 16.3 Å². The highest BCUT2D eigenvalue weighted by atomic mass is 32.2. The number of aryl methyl sites for hydroxylation is 4. The van der Waals surface area contributed by atoms with Crippen molar-refractivity contribution in [2.75, 3.05) is 50.0 Å². The lowest BCUT2D eigenvalue weighted by Crippen LogP contribution is -2.48. The molecule has 3 aromatic heterocycles. The van der Waals surface area contributed by atoms with Crippen LogP contribution in [0.25, 0.3) is 11.2 Å². The third-order valence-electron chi connectivity index (χ3n) is 5.57. The van der Waals surface area contributed by atoms with E-state index in [1.54, 1.807) is 7.05 Å². The van der Waals surface area contributed by atoms with Crippen molar-refractivity contribution in [2.45, 2.75) is 25.5 Å². The molecule has 0 amide bonds. The highest BCUT2D eigenvalue weighted by Gasteiger charge is 2.24. The van der Waals surface area contributed by atoms with Gasteiger partial charge in [0.2, 0.25) is 5.95 Å². The molecule has 12 heteroatoms. The molecule has 0 spiro atoms. The van der Waals surface area contributed by atoms with Crippen LogP contribution in [0.5, 0.6) is 0 Å². The summed E-state index contributed by atoms with van der Waals surface area (Å²) in [7, 11) is 1.61. The molecule has 0 saturated carbocycles. The standard InChI is InChI=1S/C20H28N8O3S/c1-13-12-14(2)22-18(21-13)32-11-9-28-15-16(25(3)20(31)24-17(15)30)23-19(28)27-6-4-26(5-7-27)8-10-29/h12,29H,4-11H2,1-3H3,(H,24,30,31). The van der Waals surface area contributed by atoms with Crippen LogP contribution in [0.15, 0.2) is 20.8 Å². The lowest BCUT2D eigenvalue weighted by molar-refractivity contribution is 0.188. The van der Waals surface area contributed by atoms with Crippen LogP contribution < -0.4 is 16.1 Å². The van der Waals surface area contributed by atoms with Crippen LogP contribution in [0, 0.1) is 13.8 Å². The third-order valence-corrected chi connectivity index (χ3v) is 6.39. The molecular weight excluding hydrogens is 432 g/mol. The van der Waals surface area contributed by atoms with Gasteiger partial charge < -0.3 is 14.6 Å². The number of thioether (sulfide) groups is 1. The first-order valence-corrected chi connectivity index (χ1v) is 11.6. The quantitative estimate of drug-likeness (QED) is 0.362. The Bertz CT molecular complexity index is 1210. The molecule has 0 unspecified atom stereocenters. The van der Waals surface area contributed by atoms with E-state index in [0.29, 0.717) is 41.1 Å². The lowest BCUT2D eigenvalue weighted by atomic mass is 10.3. The minimum Gasteiger partial charge on any atom is -0.395 e. The Hall–Kier alpha value is -2.70. The van der Waals surface area contributed by atoms with Gasteiger partial charge >= 0.3 is 5.69 Å². The van der Waals surface area contributed by atoms with E-state index < -0.39 is 11.2 Å². The van der Waals surface area contributed by atoms with Crippen molar-refractivity contribution in [3.63, 3.8) is 0 Å². The number of aromatic nitrogens is 6. The first kappa shape index (κ1) is 22.5. The van der Waals surface area contributed by atoms with Crippen molar-refractivity contribution in [1.82, 2.24) is 34.0 Å². The van der Waals surface area contributed by atoms with E-state index >= 15 is 0 Å². The smallest absolute Gasteiger partial charge is 0.329 e. The van der Waals surface area contributed by atoms with Crippen molar-refractivity contribution >= 4 is 28.9 Å². The molecule has 0 bridgehead atoms. The van der Waals surface area contributed by atoms with Gasteiger partial charge in [-0.2, -0.15) is 4.98 Å². The first-order valence-electron chi connectivity index (χ1n) is 10.6. The van der Waals surface area contributed by atoms with Crippen LogP contribution in [0.2, 0.25) is 0 Å². The first-order chi connectivity index (χ1) is 15.4. The Morgan fingerprint density at radius 1 is 1.06 bits per heavy atom. The van der Waals surface area contributed by atoms with E-state index in [-0.39, 0.29) is 6.61 Å². The van der Waals surface area contributed by atoms with Crippen molar-refractivity contribution < 1.29 is 5.11 Å². The van der Waals surface area contributed by atoms with Crippen LogP contribution in [0.1, 0.15) is 11.4 Å². The summed E-state index contributed by atoms with van der Waals surface area (Å²) >= 11 is 1.52. The van der Waals surface area contributed by atoms with Gasteiger partial charge in [-0.1, -0.05) is 11.8 Å². The predicted molar refractivity (Wildman–Crippen MR) is 124 cm³/mol. The largest absolute Gasteiger partial charge is 0.395 e. The minimum atomic E-state index is -0.482. The molecule has 2 N–H and O–H groups in total. The Morgan fingerprint density at radius 3 is 2.41 bits per heavy atom. The number of fused-ring (bicyclic) bond motifs is 1. The van der Waals surface area contributed by atoms with Crippen molar-refractivity contribution in [3.8, 4) is 0 Å². The second kappa shape index (κ2) is 9.43. The predicted octanol–water partition coefficient (Wildman–Crippen LogP) is -0.263. The van der Waals surface area contributed by atoms with Gasteiger partial charge in [0, 0.05) is 63.5 Å². The molecule has 4 heterocycles. The fourth-order valence-electron chi connectivity index (χ4n) is 3.98. The monoisotopic (exact) mass is 460 g/mol. The number of aromatic amines is 1. The highest BCUT2D eigenvalue weighted by molar-refractivity contribution is 7.99. The van der Waals surface area contributed by atoms with Crippen LogP contribution >= 0.6 is 11.8 Å². The average Bonchev–Trinajstić information content (AvgIpc) is 3.12. The number of H-pyrrole nitrogens is 1. The Labute approximate surface area is 189 Å². The third kappa shape index (κ3) is 4.57.